The van der Waals surface area contributed by atoms with Gasteiger partial charge in [-0.05, 0) is 36.2 Å². The van der Waals surface area contributed by atoms with E-state index in [1.807, 2.05) is 43.3 Å². The highest BCUT2D eigenvalue weighted by Gasteiger charge is 2.27. The van der Waals surface area contributed by atoms with Crippen molar-refractivity contribution in [3.8, 4) is 0 Å². The quantitative estimate of drug-likeness (QED) is 0.741. The van der Waals surface area contributed by atoms with Crippen molar-refractivity contribution in [3.05, 3.63) is 64.1 Å². The summed E-state index contributed by atoms with van der Waals surface area (Å²) in [5.41, 5.74) is 3.93. The van der Waals surface area contributed by atoms with Gasteiger partial charge in [-0.1, -0.05) is 24.3 Å². The summed E-state index contributed by atoms with van der Waals surface area (Å²) >= 11 is 0. The van der Waals surface area contributed by atoms with Crippen molar-refractivity contribution in [2.45, 2.75) is 12.7 Å². The molecule has 3 aromatic rings. The third kappa shape index (κ3) is 3.63. The van der Waals surface area contributed by atoms with Gasteiger partial charge in [0.05, 0.1) is 11.3 Å². The van der Waals surface area contributed by atoms with Gasteiger partial charge in [0.2, 0.25) is 10.0 Å². The van der Waals surface area contributed by atoms with Crippen molar-refractivity contribution in [1.29, 1.82) is 0 Å². The Morgan fingerprint density at radius 1 is 1.07 bits per heavy atom. The molecule has 0 unspecified atom stereocenters. The van der Waals surface area contributed by atoms with E-state index in [0.717, 1.165) is 16.8 Å². The number of benzene rings is 2. The summed E-state index contributed by atoms with van der Waals surface area (Å²) in [4.78, 5) is 16.1. The number of aryl methyl sites for hydroxylation is 1. The van der Waals surface area contributed by atoms with E-state index in [4.69, 9.17) is 4.42 Å². The number of piperazine rings is 1. The standard InChI is InChI=1S/C19H21N3O4S/c1-14-4-2-3-5-15(14)13-27(24,25)22-10-8-21(9-11-22)16-6-7-18-17(12-16)20-19(23)26-18/h2-7,12H,8-11,13H2,1H3,(H,20,23). The lowest BCUT2D eigenvalue weighted by Crippen LogP contribution is -2.49. The van der Waals surface area contributed by atoms with Gasteiger partial charge < -0.3 is 9.32 Å². The lowest BCUT2D eigenvalue weighted by atomic mass is 10.1. The third-order valence-corrected chi connectivity index (χ3v) is 6.83. The molecule has 2 aromatic carbocycles. The lowest BCUT2D eigenvalue weighted by molar-refractivity contribution is 0.384. The van der Waals surface area contributed by atoms with Crippen molar-refractivity contribution >= 4 is 26.8 Å². The fourth-order valence-electron chi connectivity index (χ4n) is 3.42. The molecule has 1 aromatic heterocycles. The van der Waals surface area contributed by atoms with Crippen LogP contribution in [-0.2, 0) is 15.8 Å². The molecule has 1 saturated heterocycles. The maximum atomic E-state index is 12.8. The molecule has 0 saturated carbocycles. The number of nitrogens with zero attached hydrogens (tertiary/aromatic N) is 2. The highest BCUT2D eigenvalue weighted by molar-refractivity contribution is 7.88. The molecule has 0 bridgehead atoms. The molecular formula is C19H21N3O4S. The second kappa shape index (κ2) is 6.86. The Morgan fingerprint density at radius 2 is 1.81 bits per heavy atom. The van der Waals surface area contributed by atoms with Gasteiger partial charge in [0.1, 0.15) is 0 Å². The maximum absolute atomic E-state index is 12.8. The summed E-state index contributed by atoms with van der Waals surface area (Å²) < 4.78 is 32.2. The minimum absolute atomic E-state index is 0.0297. The second-order valence-corrected chi connectivity index (χ2v) is 8.73. The molecule has 0 amide bonds. The minimum Gasteiger partial charge on any atom is -0.408 e. The van der Waals surface area contributed by atoms with E-state index in [-0.39, 0.29) is 5.75 Å². The van der Waals surface area contributed by atoms with E-state index in [9.17, 15) is 13.2 Å². The summed E-state index contributed by atoms with van der Waals surface area (Å²) in [6.45, 7) is 4.00. The molecule has 0 radical (unpaired) electrons. The van der Waals surface area contributed by atoms with Crippen LogP contribution in [-0.4, -0.2) is 43.9 Å². The van der Waals surface area contributed by atoms with E-state index in [1.54, 1.807) is 10.4 Å². The van der Waals surface area contributed by atoms with E-state index >= 15 is 0 Å². The van der Waals surface area contributed by atoms with Crippen LogP contribution in [0.1, 0.15) is 11.1 Å². The van der Waals surface area contributed by atoms with Crippen LogP contribution in [0, 0.1) is 6.92 Å². The molecule has 0 aliphatic carbocycles. The predicted octanol–water partition coefficient (Wildman–Crippen LogP) is 2.08. The van der Waals surface area contributed by atoms with Gasteiger partial charge in [-0.25, -0.2) is 13.2 Å². The first-order valence-corrected chi connectivity index (χ1v) is 10.4. The summed E-state index contributed by atoms with van der Waals surface area (Å²) in [6, 6.07) is 13.1. The first-order valence-electron chi connectivity index (χ1n) is 8.82. The van der Waals surface area contributed by atoms with Gasteiger partial charge in [-0.3, -0.25) is 4.98 Å². The normalized spacial score (nSPS) is 16.1. The molecule has 0 atom stereocenters. The van der Waals surface area contributed by atoms with E-state index in [1.165, 1.54) is 0 Å². The molecule has 4 rings (SSSR count). The fourth-order valence-corrected chi connectivity index (χ4v) is 5.04. The number of rotatable bonds is 4. The summed E-state index contributed by atoms with van der Waals surface area (Å²) in [6.07, 6.45) is 0. The Kier molecular flexibility index (Phi) is 4.53. The van der Waals surface area contributed by atoms with Crippen LogP contribution < -0.4 is 10.7 Å². The zero-order valence-corrected chi connectivity index (χ0v) is 15.8. The lowest BCUT2D eigenvalue weighted by Gasteiger charge is -2.35. The molecular weight excluding hydrogens is 366 g/mol. The topological polar surface area (TPSA) is 86.6 Å². The van der Waals surface area contributed by atoms with Gasteiger partial charge >= 0.3 is 5.76 Å². The largest absolute Gasteiger partial charge is 0.417 e. The second-order valence-electron chi connectivity index (χ2n) is 6.76. The Labute approximate surface area is 157 Å². The highest BCUT2D eigenvalue weighted by Crippen LogP contribution is 2.23. The van der Waals surface area contributed by atoms with Crippen LogP contribution >= 0.6 is 0 Å². The third-order valence-electron chi connectivity index (χ3n) is 5.00. The summed E-state index contributed by atoms with van der Waals surface area (Å²) in [5.74, 6) is -0.448. The van der Waals surface area contributed by atoms with E-state index in [2.05, 4.69) is 9.88 Å². The average Bonchev–Trinajstić information content (AvgIpc) is 3.03. The van der Waals surface area contributed by atoms with Gasteiger partial charge in [0, 0.05) is 31.9 Å². The molecule has 1 N–H and O–H groups in total. The summed E-state index contributed by atoms with van der Waals surface area (Å²) in [7, 11) is -3.35. The molecule has 7 nitrogen and oxygen atoms in total. The van der Waals surface area contributed by atoms with E-state index in [0.29, 0.717) is 37.3 Å². The van der Waals surface area contributed by atoms with Crippen molar-refractivity contribution in [3.63, 3.8) is 0 Å². The first-order chi connectivity index (χ1) is 12.9. The van der Waals surface area contributed by atoms with Crippen LogP contribution in [0.4, 0.5) is 5.69 Å². The van der Waals surface area contributed by atoms with Crippen molar-refractivity contribution in [2.24, 2.45) is 0 Å². The van der Waals surface area contributed by atoms with Gasteiger partial charge in [-0.15, -0.1) is 0 Å². The van der Waals surface area contributed by atoms with Gasteiger partial charge in [-0.2, -0.15) is 4.31 Å². The fraction of sp³-hybridized carbons (Fsp3) is 0.316. The number of fused-ring (bicyclic) bond motifs is 1. The highest BCUT2D eigenvalue weighted by atomic mass is 32.2. The maximum Gasteiger partial charge on any atom is 0.417 e. The van der Waals surface area contributed by atoms with Crippen LogP contribution in [0.15, 0.2) is 51.7 Å². The zero-order chi connectivity index (χ0) is 19.0. The number of nitrogens with one attached hydrogen (secondary N) is 1. The Morgan fingerprint density at radius 3 is 2.56 bits per heavy atom. The van der Waals surface area contributed by atoms with Crippen molar-refractivity contribution in [1.82, 2.24) is 9.29 Å². The molecule has 1 aliphatic heterocycles. The number of hydrogen-bond donors (Lipinski definition) is 1. The van der Waals surface area contributed by atoms with Gasteiger partial charge in [0.15, 0.2) is 5.58 Å². The first kappa shape index (κ1) is 17.8. The molecule has 0 spiro atoms. The molecule has 27 heavy (non-hydrogen) atoms. The molecule has 142 valence electrons. The van der Waals surface area contributed by atoms with Crippen LogP contribution in [0.2, 0.25) is 0 Å². The molecule has 1 aliphatic rings. The smallest absolute Gasteiger partial charge is 0.408 e. The molecule has 2 heterocycles. The number of hydrogen-bond acceptors (Lipinski definition) is 5. The Hall–Kier alpha value is -2.58. The average molecular weight is 387 g/mol. The Bertz CT molecular complexity index is 1130. The van der Waals surface area contributed by atoms with Crippen LogP contribution in [0.5, 0.6) is 0 Å². The van der Waals surface area contributed by atoms with Gasteiger partial charge in [0.25, 0.3) is 0 Å². The number of aromatic nitrogens is 1. The number of H-pyrrole nitrogens is 1. The Balaban J connectivity index is 1.46. The SMILES string of the molecule is Cc1ccccc1CS(=O)(=O)N1CCN(c2ccc3oc(=O)[nH]c3c2)CC1. The molecule has 8 heteroatoms. The number of aromatic amines is 1. The van der Waals surface area contributed by atoms with Crippen LogP contribution in [0.25, 0.3) is 11.1 Å². The number of sulfonamides is 1. The molecule has 1 fully saturated rings. The predicted molar refractivity (Wildman–Crippen MR) is 104 cm³/mol. The van der Waals surface area contributed by atoms with Crippen molar-refractivity contribution in [2.75, 3.05) is 31.1 Å². The zero-order valence-electron chi connectivity index (χ0n) is 15.0. The number of oxazole rings is 1. The van der Waals surface area contributed by atoms with Crippen molar-refractivity contribution < 1.29 is 12.8 Å². The monoisotopic (exact) mass is 387 g/mol. The summed E-state index contributed by atoms with van der Waals surface area (Å²) in [5, 5.41) is 0. The van der Waals surface area contributed by atoms with Crippen LogP contribution in [0.3, 0.4) is 0 Å². The van der Waals surface area contributed by atoms with E-state index < -0.39 is 15.8 Å². The number of anilines is 1. The minimum atomic E-state index is -3.35.